The van der Waals surface area contributed by atoms with E-state index in [1.807, 2.05) is 12.1 Å². The number of fused-ring (bicyclic) bond motifs is 1. The van der Waals surface area contributed by atoms with Crippen LogP contribution in [0.1, 0.15) is 19.3 Å². The number of nitrogens with zero attached hydrogens (tertiary/aromatic N) is 1. The fraction of sp³-hybridized carbons (Fsp3) is 0.357. The Morgan fingerprint density at radius 1 is 1.30 bits per heavy atom. The monoisotopic (exact) mass is 273 g/mol. The Labute approximate surface area is 115 Å². The predicted molar refractivity (Wildman–Crippen MR) is 73.2 cm³/mol. The third kappa shape index (κ3) is 2.13. The van der Waals surface area contributed by atoms with Gasteiger partial charge in [0.25, 0.3) is 0 Å². The number of aliphatic carboxylic acids is 1. The zero-order valence-corrected chi connectivity index (χ0v) is 10.8. The van der Waals surface area contributed by atoms with Crippen molar-refractivity contribution < 1.29 is 14.7 Å². The maximum Gasteiger partial charge on any atom is 0.307 e. The Hall–Kier alpha value is -2.37. The van der Waals surface area contributed by atoms with Crippen molar-refractivity contribution in [2.24, 2.45) is 11.8 Å². The first kappa shape index (κ1) is 12.7. The summed E-state index contributed by atoms with van der Waals surface area (Å²) in [6, 6.07) is 5.48. The molecule has 3 N–H and O–H groups in total. The fourth-order valence-corrected chi connectivity index (χ4v) is 2.87. The number of H-pyrrole nitrogens is 1. The second kappa shape index (κ2) is 4.96. The van der Waals surface area contributed by atoms with Crippen molar-refractivity contribution in [2.45, 2.75) is 19.3 Å². The first-order valence-corrected chi connectivity index (χ1v) is 6.62. The molecule has 0 unspecified atom stereocenters. The largest absolute Gasteiger partial charge is 0.481 e. The third-order valence-corrected chi connectivity index (χ3v) is 3.91. The summed E-state index contributed by atoms with van der Waals surface area (Å²) in [6.07, 6.45) is 3.63. The molecular formula is C14H15N3O3. The molecule has 1 heterocycles. The van der Waals surface area contributed by atoms with E-state index in [1.54, 1.807) is 12.3 Å². The van der Waals surface area contributed by atoms with Crippen LogP contribution >= 0.6 is 0 Å². The van der Waals surface area contributed by atoms with Crippen LogP contribution in [-0.4, -0.2) is 27.2 Å². The second-order valence-corrected chi connectivity index (χ2v) is 5.11. The van der Waals surface area contributed by atoms with Gasteiger partial charge in [0.2, 0.25) is 5.91 Å². The molecule has 0 radical (unpaired) electrons. The van der Waals surface area contributed by atoms with Crippen molar-refractivity contribution in [1.82, 2.24) is 10.2 Å². The molecule has 6 nitrogen and oxygen atoms in total. The number of benzene rings is 1. The molecule has 1 amide bonds. The standard InChI is InChI=1S/C14H15N3O3/c18-13(8-3-1-4-9(8)14(19)20)16-11-5-2-6-12-10(11)7-15-17-12/h2,5-9H,1,3-4H2,(H,15,17)(H,16,18)(H,19,20)/t8-,9+/m1/s1. The first-order valence-electron chi connectivity index (χ1n) is 6.62. The second-order valence-electron chi connectivity index (χ2n) is 5.11. The quantitative estimate of drug-likeness (QED) is 0.797. The van der Waals surface area contributed by atoms with Crippen LogP contribution in [0.5, 0.6) is 0 Å². The van der Waals surface area contributed by atoms with Gasteiger partial charge in [-0.3, -0.25) is 14.7 Å². The first-order chi connectivity index (χ1) is 9.66. The van der Waals surface area contributed by atoms with Crippen LogP contribution in [0, 0.1) is 11.8 Å². The summed E-state index contributed by atoms with van der Waals surface area (Å²) >= 11 is 0. The maximum atomic E-state index is 12.3. The minimum absolute atomic E-state index is 0.219. The van der Waals surface area contributed by atoms with Gasteiger partial charge >= 0.3 is 5.97 Å². The molecule has 1 fully saturated rings. The van der Waals surface area contributed by atoms with Crippen LogP contribution in [0.25, 0.3) is 10.9 Å². The SMILES string of the molecule is O=C(O)[C@H]1CCC[C@H]1C(=O)Nc1cccc2[nH]ncc12. The van der Waals surface area contributed by atoms with E-state index in [4.69, 9.17) is 5.11 Å². The molecule has 2 aromatic rings. The number of carbonyl (C=O) groups excluding carboxylic acids is 1. The summed E-state index contributed by atoms with van der Waals surface area (Å²) in [7, 11) is 0. The number of aromatic amines is 1. The van der Waals surface area contributed by atoms with Crippen molar-refractivity contribution >= 4 is 28.5 Å². The van der Waals surface area contributed by atoms with E-state index in [0.29, 0.717) is 18.5 Å². The van der Waals surface area contributed by atoms with E-state index in [9.17, 15) is 9.59 Å². The highest BCUT2D eigenvalue weighted by Gasteiger charge is 2.37. The number of rotatable bonds is 3. The van der Waals surface area contributed by atoms with Gasteiger partial charge in [-0.1, -0.05) is 12.5 Å². The van der Waals surface area contributed by atoms with E-state index in [2.05, 4.69) is 15.5 Å². The van der Waals surface area contributed by atoms with Crippen molar-refractivity contribution in [3.05, 3.63) is 24.4 Å². The molecule has 0 saturated heterocycles. The lowest BCUT2D eigenvalue weighted by atomic mass is 9.95. The molecule has 1 aliphatic carbocycles. The lowest BCUT2D eigenvalue weighted by Gasteiger charge is -2.15. The van der Waals surface area contributed by atoms with E-state index in [1.165, 1.54) is 0 Å². The summed E-state index contributed by atoms with van der Waals surface area (Å²) in [5.41, 5.74) is 1.50. The van der Waals surface area contributed by atoms with Gasteiger partial charge in [-0.25, -0.2) is 0 Å². The average Bonchev–Trinajstić information content (AvgIpc) is 3.08. The van der Waals surface area contributed by atoms with Crippen molar-refractivity contribution in [1.29, 1.82) is 0 Å². The molecule has 1 saturated carbocycles. The van der Waals surface area contributed by atoms with Crippen LogP contribution in [0.2, 0.25) is 0 Å². The highest BCUT2D eigenvalue weighted by atomic mass is 16.4. The van der Waals surface area contributed by atoms with E-state index in [-0.39, 0.29) is 5.91 Å². The summed E-state index contributed by atoms with van der Waals surface area (Å²) in [6.45, 7) is 0. The smallest absolute Gasteiger partial charge is 0.307 e. The molecule has 104 valence electrons. The van der Waals surface area contributed by atoms with Crippen molar-refractivity contribution in [3.63, 3.8) is 0 Å². The van der Waals surface area contributed by atoms with E-state index in [0.717, 1.165) is 17.3 Å². The number of carbonyl (C=O) groups is 2. The minimum atomic E-state index is -0.885. The van der Waals surface area contributed by atoms with Gasteiger partial charge in [-0.15, -0.1) is 0 Å². The lowest BCUT2D eigenvalue weighted by molar-refractivity contribution is -0.145. The van der Waals surface area contributed by atoms with Gasteiger partial charge < -0.3 is 10.4 Å². The highest BCUT2D eigenvalue weighted by molar-refractivity contribution is 6.02. The molecule has 0 aliphatic heterocycles. The Morgan fingerprint density at radius 2 is 2.10 bits per heavy atom. The molecule has 1 aliphatic rings. The molecule has 20 heavy (non-hydrogen) atoms. The van der Waals surface area contributed by atoms with Crippen LogP contribution in [0.4, 0.5) is 5.69 Å². The number of nitrogens with one attached hydrogen (secondary N) is 2. The number of carboxylic acids is 1. The van der Waals surface area contributed by atoms with Crippen molar-refractivity contribution in [2.75, 3.05) is 5.32 Å². The molecule has 0 bridgehead atoms. The van der Waals surface area contributed by atoms with Crippen LogP contribution in [-0.2, 0) is 9.59 Å². The van der Waals surface area contributed by atoms with Crippen molar-refractivity contribution in [3.8, 4) is 0 Å². The summed E-state index contributed by atoms with van der Waals surface area (Å²) < 4.78 is 0. The van der Waals surface area contributed by atoms with Gasteiger partial charge in [0.15, 0.2) is 0 Å². The van der Waals surface area contributed by atoms with Crippen LogP contribution in [0.15, 0.2) is 24.4 Å². The average molecular weight is 273 g/mol. The Bertz CT molecular complexity index is 664. The molecule has 6 heteroatoms. The Balaban J connectivity index is 1.82. The van der Waals surface area contributed by atoms with Crippen LogP contribution in [0.3, 0.4) is 0 Å². The number of aromatic nitrogens is 2. The van der Waals surface area contributed by atoms with Gasteiger partial charge in [0.05, 0.1) is 29.2 Å². The number of carboxylic acid groups (broad SMARTS) is 1. The predicted octanol–water partition coefficient (Wildman–Crippen LogP) is 2.00. The number of hydrogen-bond donors (Lipinski definition) is 3. The molecule has 1 aromatic heterocycles. The number of amides is 1. The number of hydrogen-bond acceptors (Lipinski definition) is 3. The zero-order chi connectivity index (χ0) is 14.1. The normalized spacial score (nSPS) is 22.0. The highest BCUT2D eigenvalue weighted by Crippen LogP contribution is 2.33. The minimum Gasteiger partial charge on any atom is -0.481 e. The third-order valence-electron chi connectivity index (χ3n) is 3.91. The van der Waals surface area contributed by atoms with Gasteiger partial charge in [-0.05, 0) is 25.0 Å². The molecule has 3 rings (SSSR count). The number of anilines is 1. The molecule has 1 aromatic carbocycles. The Morgan fingerprint density at radius 3 is 2.90 bits per heavy atom. The molecular weight excluding hydrogens is 258 g/mol. The summed E-state index contributed by atoms with van der Waals surface area (Å²) in [4.78, 5) is 23.4. The summed E-state index contributed by atoms with van der Waals surface area (Å²) in [5, 5.41) is 19.6. The zero-order valence-electron chi connectivity index (χ0n) is 10.8. The fourth-order valence-electron chi connectivity index (χ4n) is 2.87. The van der Waals surface area contributed by atoms with Crippen LogP contribution < -0.4 is 5.32 Å². The molecule has 0 spiro atoms. The Kier molecular flexibility index (Phi) is 3.14. The maximum absolute atomic E-state index is 12.3. The topological polar surface area (TPSA) is 95.1 Å². The van der Waals surface area contributed by atoms with E-state index >= 15 is 0 Å². The lowest BCUT2D eigenvalue weighted by Crippen LogP contribution is -2.30. The van der Waals surface area contributed by atoms with E-state index < -0.39 is 17.8 Å². The molecule has 2 atom stereocenters. The van der Waals surface area contributed by atoms with Gasteiger partial charge in [0, 0.05) is 5.39 Å². The van der Waals surface area contributed by atoms with Gasteiger partial charge in [-0.2, -0.15) is 5.10 Å². The summed E-state index contributed by atoms with van der Waals surface area (Å²) in [5.74, 6) is -2.12. The van der Waals surface area contributed by atoms with Gasteiger partial charge in [0.1, 0.15) is 0 Å².